The zero-order valence-corrected chi connectivity index (χ0v) is 19.8. The van der Waals surface area contributed by atoms with Crippen molar-refractivity contribution in [2.24, 2.45) is 16.8 Å². The van der Waals surface area contributed by atoms with E-state index in [0.29, 0.717) is 30.0 Å². The summed E-state index contributed by atoms with van der Waals surface area (Å²) in [5, 5.41) is 4.60. The summed E-state index contributed by atoms with van der Waals surface area (Å²) in [7, 11) is 0. The number of ether oxygens (including phenoxy) is 1. The number of fused-ring (bicyclic) bond motifs is 1. The monoisotopic (exact) mass is 500 g/mol. The standard InChI is InChI=1S/C26H27F3N4O3/c1-16-5-6-20-21(13-16)32-33-25(15-17-9-11-31-12-10-17,24(20)36-23(35)8-7-22(30)34)18-3-2-4-19(14-18)26(27,28)29/h2-4,9-12,14,16,33H,5-8,13,15H2,1H3,(H2,30,34). The highest BCUT2D eigenvalue weighted by molar-refractivity contribution is 6.02. The van der Waals surface area contributed by atoms with Crippen LogP contribution >= 0.6 is 0 Å². The van der Waals surface area contributed by atoms with Crippen molar-refractivity contribution in [3.63, 3.8) is 0 Å². The number of rotatable bonds is 7. The van der Waals surface area contributed by atoms with E-state index < -0.39 is 29.2 Å². The van der Waals surface area contributed by atoms with Crippen molar-refractivity contribution in [3.8, 4) is 0 Å². The molecule has 2 atom stereocenters. The summed E-state index contributed by atoms with van der Waals surface area (Å²) in [6.07, 6.45) is 0.298. The van der Waals surface area contributed by atoms with Gasteiger partial charge < -0.3 is 10.5 Å². The van der Waals surface area contributed by atoms with Crippen molar-refractivity contribution < 1.29 is 27.5 Å². The number of nitrogens with zero attached hydrogens (tertiary/aromatic N) is 2. The molecule has 190 valence electrons. The Labute approximate surface area is 206 Å². The fourth-order valence-electron chi connectivity index (χ4n) is 4.64. The van der Waals surface area contributed by atoms with E-state index >= 15 is 0 Å². The zero-order chi connectivity index (χ0) is 25.9. The van der Waals surface area contributed by atoms with Crippen LogP contribution in [0.15, 0.2) is 65.2 Å². The van der Waals surface area contributed by atoms with Gasteiger partial charge in [0.1, 0.15) is 11.3 Å². The van der Waals surface area contributed by atoms with E-state index in [4.69, 9.17) is 10.5 Å². The van der Waals surface area contributed by atoms with Gasteiger partial charge in [-0.15, -0.1) is 0 Å². The molecule has 2 aromatic rings. The number of amides is 1. The summed E-state index contributed by atoms with van der Waals surface area (Å²) in [6.45, 7) is 2.09. The first-order valence-corrected chi connectivity index (χ1v) is 11.7. The van der Waals surface area contributed by atoms with Crippen molar-refractivity contribution >= 4 is 17.6 Å². The molecule has 1 amide bonds. The molecule has 3 N–H and O–H groups in total. The molecule has 1 aromatic carbocycles. The van der Waals surface area contributed by atoms with E-state index in [-0.39, 0.29) is 30.6 Å². The smallest absolute Gasteiger partial charge is 0.416 e. The van der Waals surface area contributed by atoms with Crippen LogP contribution in [-0.2, 0) is 32.5 Å². The van der Waals surface area contributed by atoms with Crippen LogP contribution in [0, 0.1) is 5.92 Å². The molecule has 2 heterocycles. The number of carbonyl (C=O) groups excluding carboxylic acids is 2. The summed E-state index contributed by atoms with van der Waals surface area (Å²) in [4.78, 5) is 28.1. The number of allylic oxidation sites excluding steroid dienone is 1. The molecule has 7 nitrogen and oxygen atoms in total. The molecule has 0 radical (unpaired) electrons. The summed E-state index contributed by atoms with van der Waals surface area (Å²) in [5.74, 6) is -0.780. The first-order chi connectivity index (χ1) is 17.1. The first kappa shape index (κ1) is 25.4. The second kappa shape index (κ2) is 10.1. The van der Waals surface area contributed by atoms with Gasteiger partial charge in [0, 0.05) is 30.8 Å². The quantitative estimate of drug-likeness (QED) is 0.549. The number of pyridine rings is 1. The highest BCUT2D eigenvalue weighted by atomic mass is 19.4. The van der Waals surface area contributed by atoms with Gasteiger partial charge in [-0.3, -0.25) is 20.0 Å². The van der Waals surface area contributed by atoms with E-state index in [1.807, 2.05) is 0 Å². The number of halogens is 3. The summed E-state index contributed by atoms with van der Waals surface area (Å²) in [5.41, 5.74) is 8.48. The van der Waals surface area contributed by atoms with Crippen LogP contribution in [0.3, 0.4) is 0 Å². The molecule has 0 spiro atoms. The number of aromatic nitrogens is 1. The van der Waals surface area contributed by atoms with Gasteiger partial charge in [0.25, 0.3) is 0 Å². The van der Waals surface area contributed by atoms with Crippen LogP contribution in [-0.4, -0.2) is 22.6 Å². The normalized spacial score (nSPS) is 21.8. The summed E-state index contributed by atoms with van der Waals surface area (Å²) >= 11 is 0. The van der Waals surface area contributed by atoms with Gasteiger partial charge in [0.05, 0.1) is 17.7 Å². The third kappa shape index (κ3) is 5.42. The minimum atomic E-state index is -4.57. The number of nitrogens with one attached hydrogen (secondary N) is 1. The van der Waals surface area contributed by atoms with Gasteiger partial charge in [-0.05, 0) is 60.6 Å². The lowest BCUT2D eigenvalue weighted by atomic mass is 9.75. The SMILES string of the molecule is CC1CCC2=C(OC(=O)CCC(N)=O)C(Cc3ccncc3)(c3cccc(C(F)(F)F)c3)NN=C2C1. The molecule has 2 aliphatic rings. The lowest BCUT2D eigenvalue weighted by Gasteiger charge is -2.42. The second-order valence-corrected chi connectivity index (χ2v) is 9.28. The Morgan fingerprint density at radius 3 is 2.64 bits per heavy atom. The molecule has 36 heavy (non-hydrogen) atoms. The van der Waals surface area contributed by atoms with Crippen molar-refractivity contribution in [3.05, 3.63) is 76.8 Å². The average Bonchev–Trinajstić information content (AvgIpc) is 2.84. The van der Waals surface area contributed by atoms with Crippen LogP contribution in [0.5, 0.6) is 0 Å². The number of nitrogens with two attached hydrogens (primary N) is 1. The van der Waals surface area contributed by atoms with Crippen LogP contribution in [0.4, 0.5) is 13.2 Å². The van der Waals surface area contributed by atoms with E-state index in [1.165, 1.54) is 6.07 Å². The van der Waals surface area contributed by atoms with Crippen LogP contribution < -0.4 is 11.2 Å². The van der Waals surface area contributed by atoms with Crippen LogP contribution in [0.25, 0.3) is 0 Å². The van der Waals surface area contributed by atoms with Crippen LogP contribution in [0.1, 0.15) is 55.7 Å². The molecular formula is C26H27F3N4O3. The molecule has 2 unspecified atom stereocenters. The molecule has 0 bridgehead atoms. The fraction of sp³-hybridized carbons (Fsp3) is 0.385. The third-order valence-corrected chi connectivity index (χ3v) is 6.51. The van der Waals surface area contributed by atoms with Crippen molar-refractivity contribution in [1.29, 1.82) is 0 Å². The van der Waals surface area contributed by atoms with Gasteiger partial charge in [-0.25, -0.2) is 0 Å². The minimum Gasteiger partial charge on any atom is -0.428 e. The lowest BCUT2D eigenvalue weighted by molar-refractivity contribution is -0.142. The van der Waals surface area contributed by atoms with Crippen molar-refractivity contribution in [1.82, 2.24) is 10.4 Å². The molecule has 1 fully saturated rings. The highest BCUT2D eigenvalue weighted by Gasteiger charge is 2.46. The largest absolute Gasteiger partial charge is 0.428 e. The molecule has 0 saturated heterocycles. The maximum absolute atomic E-state index is 13.7. The minimum absolute atomic E-state index is 0.144. The number of carbonyl (C=O) groups is 2. The Kier molecular flexibility index (Phi) is 7.14. The number of primary amides is 1. The predicted octanol–water partition coefficient (Wildman–Crippen LogP) is 4.38. The number of esters is 1. The topological polar surface area (TPSA) is 107 Å². The number of hydrogen-bond acceptors (Lipinski definition) is 6. The van der Waals surface area contributed by atoms with E-state index in [9.17, 15) is 22.8 Å². The zero-order valence-electron chi connectivity index (χ0n) is 19.8. The lowest BCUT2D eigenvalue weighted by Crippen LogP contribution is -2.49. The Balaban J connectivity index is 1.88. The third-order valence-electron chi connectivity index (χ3n) is 6.51. The molecule has 4 rings (SSSR count). The van der Waals surface area contributed by atoms with E-state index in [0.717, 1.165) is 24.1 Å². The average molecular weight is 501 g/mol. The molecule has 1 aromatic heterocycles. The molecule has 1 saturated carbocycles. The highest BCUT2D eigenvalue weighted by Crippen LogP contribution is 2.44. The van der Waals surface area contributed by atoms with Crippen molar-refractivity contribution in [2.75, 3.05) is 0 Å². The van der Waals surface area contributed by atoms with Gasteiger partial charge in [0.2, 0.25) is 5.91 Å². The maximum Gasteiger partial charge on any atom is 0.416 e. The number of alkyl halides is 3. The fourth-order valence-corrected chi connectivity index (χ4v) is 4.64. The second-order valence-electron chi connectivity index (χ2n) is 9.28. The van der Waals surface area contributed by atoms with E-state index in [1.54, 1.807) is 30.6 Å². The predicted molar refractivity (Wildman–Crippen MR) is 126 cm³/mol. The Morgan fingerprint density at radius 1 is 1.19 bits per heavy atom. The number of hydrogen-bond donors (Lipinski definition) is 2. The Morgan fingerprint density at radius 2 is 1.94 bits per heavy atom. The number of benzene rings is 1. The van der Waals surface area contributed by atoms with Crippen LogP contribution in [0.2, 0.25) is 0 Å². The van der Waals surface area contributed by atoms with Gasteiger partial charge in [0.15, 0.2) is 0 Å². The Bertz CT molecular complexity index is 1210. The van der Waals surface area contributed by atoms with Gasteiger partial charge in [-0.1, -0.05) is 19.1 Å². The molecule has 1 aliphatic carbocycles. The Hall–Kier alpha value is -3.69. The summed E-state index contributed by atoms with van der Waals surface area (Å²) < 4.78 is 47.0. The van der Waals surface area contributed by atoms with Gasteiger partial charge >= 0.3 is 12.1 Å². The summed E-state index contributed by atoms with van der Waals surface area (Å²) in [6, 6.07) is 8.43. The molecule has 10 heteroatoms. The number of hydrazone groups is 1. The van der Waals surface area contributed by atoms with Gasteiger partial charge in [-0.2, -0.15) is 18.3 Å². The first-order valence-electron chi connectivity index (χ1n) is 11.7. The van der Waals surface area contributed by atoms with Crippen molar-refractivity contribution in [2.45, 2.75) is 57.2 Å². The molecular weight excluding hydrogens is 473 g/mol. The van der Waals surface area contributed by atoms with E-state index in [2.05, 4.69) is 22.4 Å². The molecule has 1 aliphatic heterocycles. The maximum atomic E-state index is 13.7.